The molecular weight excluding hydrogens is 348 g/mol. The summed E-state index contributed by atoms with van der Waals surface area (Å²) in [5.74, 6) is 0. The monoisotopic (exact) mass is 370 g/mol. The average molecular weight is 370 g/mol. The van der Waals surface area contributed by atoms with E-state index in [0.29, 0.717) is 0 Å². The lowest BCUT2D eigenvalue weighted by atomic mass is 9.86. The largest absolute Gasteiger partial charge is 0.0620 e. The molecule has 0 spiro atoms. The lowest BCUT2D eigenvalue weighted by Gasteiger charge is -2.17. The number of rotatable bonds is 3. The van der Waals surface area contributed by atoms with Crippen molar-refractivity contribution in [3.05, 3.63) is 108 Å². The minimum atomic E-state index is 1.06. The molecule has 0 bridgehead atoms. The van der Waals surface area contributed by atoms with Gasteiger partial charge in [0, 0.05) is 0 Å². The molecule has 0 aliphatic rings. The summed E-state index contributed by atoms with van der Waals surface area (Å²) in [5, 5.41) is 11.1. The van der Waals surface area contributed by atoms with Gasteiger partial charge >= 0.3 is 0 Å². The molecule has 0 nitrogen and oxygen atoms in total. The van der Waals surface area contributed by atoms with Crippen molar-refractivity contribution in [2.24, 2.45) is 0 Å². The van der Waals surface area contributed by atoms with Crippen molar-refractivity contribution in [2.45, 2.75) is 19.8 Å². The zero-order valence-corrected chi connectivity index (χ0v) is 16.6. The second kappa shape index (κ2) is 6.32. The predicted molar refractivity (Wildman–Crippen MR) is 126 cm³/mol. The van der Waals surface area contributed by atoms with Crippen molar-refractivity contribution in [2.75, 3.05) is 0 Å². The van der Waals surface area contributed by atoms with Gasteiger partial charge in [0.15, 0.2) is 0 Å². The predicted octanol–water partition coefficient (Wildman–Crippen LogP) is 7.83. The van der Waals surface area contributed by atoms with Crippen LogP contribution in [0.4, 0.5) is 0 Å². The third kappa shape index (κ3) is 2.46. The first-order chi connectivity index (χ1) is 14.3. The lowest BCUT2D eigenvalue weighted by molar-refractivity contribution is 0.958. The van der Waals surface area contributed by atoms with Gasteiger partial charge in [-0.2, -0.15) is 0 Å². The fraction of sp³-hybridized carbons (Fsp3) is 0.103. The van der Waals surface area contributed by atoms with Crippen molar-refractivity contribution >= 4 is 43.1 Å². The fourth-order valence-electron chi connectivity index (χ4n) is 5.10. The summed E-state index contributed by atoms with van der Waals surface area (Å²) in [6.07, 6.45) is 2.13. The van der Waals surface area contributed by atoms with Crippen LogP contribution in [0.25, 0.3) is 43.1 Å². The summed E-state index contributed by atoms with van der Waals surface area (Å²) in [7, 11) is 0. The molecule has 6 aromatic carbocycles. The molecule has 0 aliphatic heterocycles. The summed E-state index contributed by atoms with van der Waals surface area (Å²) in [6, 6.07) is 33.6. The zero-order chi connectivity index (χ0) is 19.4. The molecule has 0 amide bonds. The molecule has 0 aromatic heterocycles. The standard InChI is InChI=1S/C29H22/c1-19-7-2-3-8-20(19)15-16-23-18-17-22-11-5-13-25-24-12-4-9-21-10-6-14-26(27(21)24)29(23)28(22)25/h2-14,17-18H,15-16H2,1H3. The molecule has 0 unspecified atom stereocenters. The highest BCUT2D eigenvalue weighted by Gasteiger charge is 2.15. The van der Waals surface area contributed by atoms with Crippen LogP contribution in [-0.4, -0.2) is 0 Å². The van der Waals surface area contributed by atoms with Gasteiger partial charge in [0.2, 0.25) is 0 Å². The maximum atomic E-state index is 2.35. The molecule has 0 atom stereocenters. The normalized spacial score (nSPS) is 11.9. The van der Waals surface area contributed by atoms with Gasteiger partial charge in [0.1, 0.15) is 0 Å². The van der Waals surface area contributed by atoms with Crippen molar-refractivity contribution in [1.82, 2.24) is 0 Å². The van der Waals surface area contributed by atoms with Crippen molar-refractivity contribution in [3.8, 4) is 0 Å². The zero-order valence-electron chi connectivity index (χ0n) is 16.6. The molecular formula is C29H22. The highest BCUT2D eigenvalue weighted by molar-refractivity contribution is 6.33. The lowest BCUT2D eigenvalue weighted by Crippen LogP contribution is -1.97. The Labute approximate surface area is 170 Å². The Kier molecular flexibility index (Phi) is 3.61. The van der Waals surface area contributed by atoms with Gasteiger partial charge in [-0.25, -0.2) is 0 Å². The summed E-state index contributed by atoms with van der Waals surface area (Å²) >= 11 is 0. The Bertz CT molecular complexity index is 1500. The van der Waals surface area contributed by atoms with Gasteiger partial charge in [0.25, 0.3) is 0 Å². The SMILES string of the molecule is Cc1ccccc1CCc1ccc2cccc3c4cccc5cccc(c1c23)c54. The van der Waals surface area contributed by atoms with Crippen LogP contribution in [0.5, 0.6) is 0 Å². The summed E-state index contributed by atoms with van der Waals surface area (Å²) in [6.45, 7) is 2.22. The van der Waals surface area contributed by atoms with E-state index in [2.05, 4.69) is 97.9 Å². The highest BCUT2D eigenvalue weighted by Crippen LogP contribution is 2.41. The van der Waals surface area contributed by atoms with E-state index in [1.807, 2.05) is 0 Å². The smallest absolute Gasteiger partial charge is 0.00236 e. The molecule has 0 heteroatoms. The fourth-order valence-corrected chi connectivity index (χ4v) is 5.10. The Morgan fingerprint density at radius 3 is 1.83 bits per heavy atom. The summed E-state index contributed by atoms with van der Waals surface area (Å²) in [4.78, 5) is 0. The third-order valence-electron chi connectivity index (χ3n) is 6.52. The van der Waals surface area contributed by atoms with E-state index in [1.165, 1.54) is 59.8 Å². The Hall–Kier alpha value is -3.38. The number of aryl methyl sites for hydroxylation is 3. The molecule has 0 aliphatic carbocycles. The van der Waals surface area contributed by atoms with Crippen LogP contribution in [0.1, 0.15) is 16.7 Å². The van der Waals surface area contributed by atoms with E-state index in [-0.39, 0.29) is 0 Å². The Morgan fingerprint density at radius 2 is 1.07 bits per heavy atom. The molecule has 0 radical (unpaired) electrons. The Morgan fingerprint density at radius 1 is 0.448 bits per heavy atom. The van der Waals surface area contributed by atoms with E-state index in [9.17, 15) is 0 Å². The van der Waals surface area contributed by atoms with Gasteiger partial charge in [-0.15, -0.1) is 0 Å². The van der Waals surface area contributed by atoms with Crippen LogP contribution in [0, 0.1) is 6.92 Å². The van der Waals surface area contributed by atoms with Crippen LogP contribution >= 0.6 is 0 Å². The molecule has 0 heterocycles. The van der Waals surface area contributed by atoms with E-state index >= 15 is 0 Å². The molecule has 0 saturated heterocycles. The number of hydrogen-bond donors (Lipinski definition) is 0. The van der Waals surface area contributed by atoms with Crippen LogP contribution < -0.4 is 0 Å². The minimum absolute atomic E-state index is 1.06. The van der Waals surface area contributed by atoms with Crippen molar-refractivity contribution in [1.29, 1.82) is 0 Å². The molecule has 0 saturated carbocycles. The first-order valence-electron chi connectivity index (χ1n) is 10.4. The number of fused-ring (bicyclic) bond motifs is 2. The van der Waals surface area contributed by atoms with Gasteiger partial charge in [0.05, 0.1) is 0 Å². The summed E-state index contributed by atoms with van der Waals surface area (Å²) in [5.41, 5.74) is 4.28. The average Bonchev–Trinajstić information content (AvgIpc) is 2.77. The van der Waals surface area contributed by atoms with Crippen LogP contribution in [0.2, 0.25) is 0 Å². The maximum Gasteiger partial charge on any atom is -0.00236 e. The summed E-state index contributed by atoms with van der Waals surface area (Å²) < 4.78 is 0. The molecule has 6 aromatic rings. The second-order valence-corrected chi connectivity index (χ2v) is 8.14. The third-order valence-corrected chi connectivity index (χ3v) is 6.52. The van der Waals surface area contributed by atoms with Crippen LogP contribution in [0.3, 0.4) is 0 Å². The van der Waals surface area contributed by atoms with E-state index in [4.69, 9.17) is 0 Å². The first-order valence-corrected chi connectivity index (χ1v) is 10.4. The molecule has 0 N–H and O–H groups in total. The molecule has 138 valence electrons. The second-order valence-electron chi connectivity index (χ2n) is 8.14. The van der Waals surface area contributed by atoms with Crippen molar-refractivity contribution in [3.63, 3.8) is 0 Å². The van der Waals surface area contributed by atoms with E-state index < -0.39 is 0 Å². The van der Waals surface area contributed by atoms with Gasteiger partial charge in [-0.05, 0) is 79.5 Å². The molecule has 6 rings (SSSR count). The number of hydrogen-bond acceptors (Lipinski definition) is 0. The topological polar surface area (TPSA) is 0 Å². The van der Waals surface area contributed by atoms with Crippen molar-refractivity contribution < 1.29 is 0 Å². The van der Waals surface area contributed by atoms with Crippen LogP contribution in [-0.2, 0) is 12.8 Å². The van der Waals surface area contributed by atoms with Crippen LogP contribution in [0.15, 0.2) is 91.0 Å². The maximum absolute atomic E-state index is 2.35. The first kappa shape index (κ1) is 16.6. The minimum Gasteiger partial charge on any atom is -0.0620 e. The van der Waals surface area contributed by atoms with Gasteiger partial charge in [-0.1, -0.05) is 91.0 Å². The van der Waals surface area contributed by atoms with E-state index in [1.54, 1.807) is 0 Å². The van der Waals surface area contributed by atoms with Gasteiger partial charge in [-0.3, -0.25) is 0 Å². The van der Waals surface area contributed by atoms with Gasteiger partial charge < -0.3 is 0 Å². The number of benzene rings is 6. The molecule has 0 fully saturated rings. The quantitative estimate of drug-likeness (QED) is 0.220. The molecule has 29 heavy (non-hydrogen) atoms. The Balaban J connectivity index is 1.68. The highest BCUT2D eigenvalue weighted by atomic mass is 14.2. The van der Waals surface area contributed by atoms with E-state index in [0.717, 1.165) is 12.8 Å².